The lowest BCUT2D eigenvalue weighted by Gasteiger charge is -2.15. The Morgan fingerprint density at radius 2 is 1.08 bits per heavy atom. The van der Waals surface area contributed by atoms with Crippen molar-refractivity contribution in [3.63, 3.8) is 0 Å². The van der Waals surface area contributed by atoms with E-state index >= 15 is 0 Å². The van der Waals surface area contributed by atoms with Crippen LogP contribution >= 0.6 is 0 Å². The molecular weight excluding hydrogens is 472 g/mol. The Bertz CT molecular complexity index is 815. The van der Waals surface area contributed by atoms with Crippen LogP contribution in [0.15, 0.2) is 48.5 Å². The summed E-state index contributed by atoms with van der Waals surface area (Å²) in [7, 11) is 0. The number of hydrogen-bond donors (Lipinski definition) is 0. The Labute approximate surface area is 211 Å². The first-order valence-electron chi connectivity index (χ1n) is 11.9. The maximum Gasteiger partial charge on any atom is 0.373 e. The van der Waals surface area contributed by atoms with Crippen molar-refractivity contribution in [2.24, 2.45) is 0 Å². The molecule has 10 heteroatoms. The standard InChI is InChI=1S/C26H34O10/c1-4-15-31-22-11-7-20(8-12-22)25(27)35-33-24(19-30-18-17-29-6-3)34-36-26(28)21-9-13-23(14-10-21)32-16-5-2/h7-14,24H,4-6,15-19H2,1-3H3. The van der Waals surface area contributed by atoms with Crippen molar-refractivity contribution in [3.05, 3.63) is 59.7 Å². The SMILES string of the molecule is CCCOc1ccc(C(=O)OOC(COCCOCC)OOC(=O)c2ccc(OCCC)cc2)cc1. The molecule has 0 N–H and O–H groups in total. The van der Waals surface area contributed by atoms with Gasteiger partial charge in [0.25, 0.3) is 6.29 Å². The normalized spacial score (nSPS) is 10.8. The van der Waals surface area contributed by atoms with E-state index in [4.69, 9.17) is 38.5 Å². The molecule has 0 aliphatic carbocycles. The van der Waals surface area contributed by atoms with Crippen molar-refractivity contribution in [2.45, 2.75) is 39.9 Å². The van der Waals surface area contributed by atoms with E-state index in [9.17, 15) is 9.59 Å². The Morgan fingerprint density at radius 3 is 1.50 bits per heavy atom. The average Bonchev–Trinajstić information content (AvgIpc) is 2.91. The van der Waals surface area contributed by atoms with E-state index in [1.807, 2.05) is 20.8 Å². The third kappa shape index (κ3) is 11.0. The van der Waals surface area contributed by atoms with Crippen LogP contribution in [0.25, 0.3) is 0 Å². The van der Waals surface area contributed by atoms with Gasteiger partial charge >= 0.3 is 11.9 Å². The van der Waals surface area contributed by atoms with Crippen LogP contribution in [-0.2, 0) is 29.0 Å². The predicted molar refractivity (Wildman–Crippen MR) is 129 cm³/mol. The van der Waals surface area contributed by atoms with Gasteiger partial charge in [0.15, 0.2) is 0 Å². The summed E-state index contributed by atoms with van der Waals surface area (Å²) >= 11 is 0. The maximum absolute atomic E-state index is 12.3. The quantitative estimate of drug-likeness (QED) is 0.124. The number of carbonyl (C=O) groups excluding carboxylic acids is 2. The molecular formula is C26H34O10. The minimum Gasteiger partial charge on any atom is -0.494 e. The third-order valence-electron chi connectivity index (χ3n) is 4.42. The molecule has 10 nitrogen and oxygen atoms in total. The van der Waals surface area contributed by atoms with Gasteiger partial charge < -0.3 is 18.9 Å². The van der Waals surface area contributed by atoms with Crippen LogP contribution in [0.2, 0.25) is 0 Å². The predicted octanol–water partition coefficient (Wildman–Crippen LogP) is 4.52. The molecule has 0 heterocycles. The van der Waals surface area contributed by atoms with Crippen molar-refractivity contribution in [1.29, 1.82) is 0 Å². The highest BCUT2D eigenvalue weighted by Gasteiger charge is 2.20. The van der Waals surface area contributed by atoms with E-state index < -0.39 is 18.2 Å². The molecule has 0 radical (unpaired) electrons. The molecule has 0 aromatic heterocycles. The van der Waals surface area contributed by atoms with E-state index in [0.717, 1.165) is 12.8 Å². The van der Waals surface area contributed by atoms with Crippen LogP contribution in [0.1, 0.15) is 54.3 Å². The average molecular weight is 507 g/mol. The highest BCUT2D eigenvalue weighted by molar-refractivity contribution is 5.89. The molecule has 2 rings (SSSR count). The number of hydrogen-bond acceptors (Lipinski definition) is 10. The Morgan fingerprint density at radius 1 is 0.639 bits per heavy atom. The van der Waals surface area contributed by atoms with Gasteiger partial charge in [-0.1, -0.05) is 13.8 Å². The molecule has 0 atom stereocenters. The van der Waals surface area contributed by atoms with Gasteiger partial charge in [-0.2, -0.15) is 0 Å². The minimum absolute atomic E-state index is 0.193. The lowest BCUT2D eigenvalue weighted by atomic mass is 10.2. The highest BCUT2D eigenvalue weighted by Crippen LogP contribution is 2.15. The molecule has 0 aliphatic heterocycles. The smallest absolute Gasteiger partial charge is 0.373 e. The largest absolute Gasteiger partial charge is 0.494 e. The van der Waals surface area contributed by atoms with Crippen molar-refractivity contribution >= 4 is 11.9 Å². The molecule has 0 spiro atoms. The Balaban J connectivity index is 1.88. The summed E-state index contributed by atoms with van der Waals surface area (Å²) in [5, 5.41) is 0. The van der Waals surface area contributed by atoms with Crippen LogP contribution in [0, 0.1) is 0 Å². The van der Waals surface area contributed by atoms with Crippen molar-refractivity contribution < 1.29 is 48.1 Å². The van der Waals surface area contributed by atoms with Gasteiger partial charge in [-0.15, -0.1) is 9.78 Å². The zero-order valence-electron chi connectivity index (χ0n) is 20.9. The van der Waals surface area contributed by atoms with Crippen molar-refractivity contribution in [3.8, 4) is 11.5 Å². The molecule has 0 unspecified atom stereocenters. The minimum atomic E-state index is -1.33. The molecule has 2 aromatic rings. The monoisotopic (exact) mass is 506 g/mol. The molecule has 198 valence electrons. The second kappa shape index (κ2) is 17.3. The fraction of sp³-hybridized carbons (Fsp3) is 0.462. The first kappa shape index (κ1) is 29.1. The van der Waals surface area contributed by atoms with E-state index in [-0.39, 0.29) is 24.3 Å². The van der Waals surface area contributed by atoms with Crippen LogP contribution in [-0.4, -0.2) is 57.9 Å². The van der Waals surface area contributed by atoms with E-state index in [1.54, 1.807) is 48.5 Å². The second-order valence-electron chi connectivity index (χ2n) is 7.38. The molecule has 0 saturated carbocycles. The van der Waals surface area contributed by atoms with Crippen LogP contribution in [0.3, 0.4) is 0 Å². The van der Waals surface area contributed by atoms with E-state index in [0.29, 0.717) is 37.9 Å². The van der Waals surface area contributed by atoms with Crippen LogP contribution in [0.5, 0.6) is 11.5 Å². The van der Waals surface area contributed by atoms with E-state index in [2.05, 4.69) is 0 Å². The lowest BCUT2D eigenvalue weighted by Crippen LogP contribution is -2.27. The Kier molecular flexibility index (Phi) is 13.9. The summed E-state index contributed by atoms with van der Waals surface area (Å²) in [6.07, 6.45) is 0.406. The van der Waals surface area contributed by atoms with Gasteiger partial charge in [0.05, 0.1) is 37.6 Å². The van der Waals surface area contributed by atoms with Crippen molar-refractivity contribution in [2.75, 3.05) is 39.6 Å². The molecule has 36 heavy (non-hydrogen) atoms. The summed E-state index contributed by atoms with van der Waals surface area (Å²) < 4.78 is 21.6. The molecule has 0 saturated heterocycles. The van der Waals surface area contributed by atoms with E-state index in [1.165, 1.54) is 0 Å². The summed E-state index contributed by atoms with van der Waals surface area (Å²) in [6, 6.07) is 12.8. The summed E-state index contributed by atoms with van der Waals surface area (Å²) in [6.45, 7) is 7.94. The van der Waals surface area contributed by atoms with Gasteiger partial charge in [-0.3, -0.25) is 9.78 Å². The topological polar surface area (TPSA) is 108 Å². The second-order valence-corrected chi connectivity index (χ2v) is 7.38. The van der Waals surface area contributed by atoms with Gasteiger partial charge in [0, 0.05) is 6.61 Å². The maximum atomic E-state index is 12.3. The van der Waals surface area contributed by atoms with Gasteiger partial charge in [0.2, 0.25) is 0 Å². The summed E-state index contributed by atoms with van der Waals surface area (Å²) in [5.41, 5.74) is 0.467. The summed E-state index contributed by atoms with van der Waals surface area (Å²) in [5.74, 6) is -0.270. The number of ether oxygens (including phenoxy) is 4. The number of carbonyl (C=O) groups is 2. The zero-order valence-corrected chi connectivity index (χ0v) is 20.9. The molecule has 0 amide bonds. The molecule has 0 aliphatic rings. The highest BCUT2D eigenvalue weighted by atomic mass is 17.3. The number of rotatable bonds is 18. The first-order valence-corrected chi connectivity index (χ1v) is 11.9. The third-order valence-corrected chi connectivity index (χ3v) is 4.42. The Hall–Kier alpha value is -3.18. The molecule has 0 fully saturated rings. The van der Waals surface area contributed by atoms with Gasteiger partial charge in [0.1, 0.15) is 18.1 Å². The van der Waals surface area contributed by atoms with Gasteiger partial charge in [-0.05, 0) is 68.3 Å². The summed E-state index contributed by atoms with van der Waals surface area (Å²) in [4.78, 5) is 44.5. The van der Waals surface area contributed by atoms with Crippen LogP contribution < -0.4 is 9.47 Å². The molecule has 0 bridgehead atoms. The fourth-order valence-electron chi connectivity index (χ4n) is 2.62. The first-order chi connectivity index (χ1) is 17.6. The van der Waals surface area contributed by atoms with Gasteiger partial charge in [-0.25, -0.2) is 9.59 Å². The zero-order chi connectivity index (χ0) is 26.0. The van der Waals surface area contributed by atoms with Crippen molar-refractivity contribution in [1.82, 2.24) is 0 Å². The number of benzene rings is 2. The molecule has 2 aromatic carbocycles. The lowest BCUT2D eigenvalue weighted by molar-refractivity contribution is -0.427. The fourth-order valence-corrected chi connectivity index (χ4v) is 2.62. The van der Waals surface area contributed by atoms with Crippen LogP contribution in [0.4, 0.5) is 0 Å².